The monoisotopic (exact) mass is 486 g/mol. The number of carbonyl (C=O) groups excluding carboxylic acids is 3. The summed E-state index contributed by atoms with van der Waals surface area (Å²) in [6.07, 6.45) is 1.31. The first-order chi connectivity index (χ1) is 17.1. The number of amides is 2. The molecule has 0 radical (unpaired) electrons. The molecule has 5 rings (SSSR count). The van der Waals surface area contributed by atoms with Crippen LogP contribution in [0.5, 0.6) is 0 Å². The Balaban J connectivity index is 1.30. The van der Waals surface area contributed by atoms with Gasteiger partial charge in [0, 0.05) is 9.79 Å². The number of ether oxygens (including phenoxy) is 1. The number of para-hydroxylation sites is 3. The lowest BCUT2D eigenvalue weighted by Crippen LogP contribution is -2.32. The number of fused-ring (bicyclic) bond motifs is 2. The van der Waals surface area contributed by atoms with E-state index in [1.807, 2.05) is 48.5 Å². The number of benzene rings is 3. The molecule has 11 heteroatoms. The highest BCUT2D eigenvalue weighted by Crippen LogP contribution is 2.47. The molecule has 0 bridgehead atoms. The largest absolute Gasteiger partial charge is 0.452 e. The Bertz CT molecular complexity index is 1360. The Morgan fingerprint density at radius 2 is 1.54 bits per heavy atom. The lowest BCUT2D eigenvalue weighted by Gasteiger charge is -2.30. The third-order valence-corrected chi connectivity index (χ3v) is 6.26. The van der Waals surface area contributed by atoms with Gasteiger partial charge in [0.05, 0.1) is 22.6 Å². The molecule has 0 saturated heterocycles. The van der Waals surface area contributed by atoms with Crippen molar-refractivity contribution in [3.63, 3.8) is 0 Å². The number of hydrogen-bond donors (Lipinski definition) is 1. The van der Waals surface area contributed by atoms with Crippen LogP contribution in [0.1, 0.15) is 10.4 Å². The van der Waals surface area contributed by atoms with E-state index in [1.54, 1.807) is 34.9 Å². The van der Waals surface area contributed by atoms with Crippen molar-refractivity contribution in [2.75, 3.05) is 16.8 Å². The van der Waals surface area contributed by atoms with Crippen LogP contribution in [0.3, 0.4) is 0 Å². The minimum atomic E-state index is -0.732. The van der Waals surface area contributed by atoms with Gasteiger partial charge in [0.15, 0.2) is 6.61 Å². The summed E-state index contributed by atoms with van der Waals surface area (Å²) in [4.78, 5) is 41.9. The first kappa shape index (κ1) is 22.3. The highest BCUT2D eigenvalue weighted by molar-refractivity contribution is 7.99. The third-order valence-electron chi connectivity index (χ3n) is 5.13. The van der Waals surface area contributed by atoms with Crippen LogP contribution in [0.15, 0.2) is 88.9 Å². The average molecular weight is 487 g/mol. The van der Waals surface area contributed by atoms with E-state index in [0.717, 1.165) is 21.2 Å². The number of hydrogen-bond acceptors (Lipinski definition) is 8. The van der Waals surface area contributed by atoms with Crippen LogP contribution < -0.4 is 10.2 Å². The molecule has 1 N–H and O–H groups in total. The molecular weight excluding hydrogens is 468 g/mol. The molecule has 4 aromatic rings. The molecule has 0 aliphatic carbocycles. The van der Waals surface area contributed by atoms with E-state index in [1.165, 1.54) is 17.1 Å². The number of aromatic nitrogens is 4. The summed E-state index contributed by atoms with van der Waals surface area (Å²) in [5, 5.41) is 13.2. The van der Waals surface area contributed by atoms with Gasteiger partial charge in [0.2, 0.25) is 5.91 Å². The number of nitrogens with zero attached hydrogens (tertiary/aromatic N) is 5. The molecule has 2 amide bonds. The van der Waals surface area contributed by atoms with Crippen molar-refractivity contribution >= 4 is 46.6 Å². The average Bonchev–Trinajstić information content (AvgIpc) is 3.38. The van der Waals surface area contributed by atoms with E-state index in [-0.39, 0.29) is 17.8 Å². The summed E-state index contributed by atoms with van der Waals surface area (Å²) in [5.41, 5.74) is 1.84. The Morgan fingerprint density at radius 1 is 0.886 bits per heavy atom. The minimum Gasteiger partial charge on any atom is -0.452 e. The second-order valence-corrected chi connectivity index (χ2v) is 8.53. The zero-order valence-corrected chi connectivity index (χ0v) is 19.0. The summed E-state index contributed by atoms with van der Waals surface area (Å²) in [7, 11) is 0. The van der Waals surface area contributed by atoms with Gasteiger partial charge >= 0.3 is 5.97 Å². The molecule has 174 valence electrons. The van der Waals surface area contributed by atoms with Crippen molar-refractivity contribution in [1.29, 1.82) is 0 Å². The quantitative estimate of drug-likeness (QED) is 0.412. The van der Waals surface area contributed by atoms with E-state index in [9.17, 15) is 14.4 Å². The summed E-state index contributed by atoms with van der Waals surface area (Å²) >= 11 is 1.58. The summed E-state index contributed by atoms with van der Waals surface area (Å²) in [6.45, 7) is -0.597. The molecule has 0 spiro atoms. The van der Waals surface area contributed by atoms with Crippen LogP contribution in [-0.2, 0) is 20.9 Å². The second kappa shape index (κ2) is 9.77. The molecule has 3 aromatic carbocycles. The van der Waals surface area contributed by atoms with E-state index in [0.29, 0.717) is 0 Å². The Morgan fingerprint density at radius 3 is 2.23 bits per heavy atom. The van der Waals surface area contributed by atoms with Gasteiger partial charge in [-0.25, -0.2) is 9.48 Å². The molecule has 1 aromatic heterocycles. The first-order valence-corrected chi connectivity index (χ1v) is 11.4. The maximum Gasteiger partial charge on any atom is 0.340 e. The Kier molecular flexibility index (Phi) is 6.22. The zero-order valence-electron chi connectivity index (χ0n) is 18.2. The first-order valence-electron chi connectivity index (χ1n) is 10.6. The fourth-order valence-corrected chi connectivity index (χ4v) is 4.66. The standard InChI is InChI=1S/C24H18N6O4S/c31-22(13-29-15-25-27-28-29)26-17-8-2-1-7-16(17)24(33)34-14-23(32)30-18-9-3-5-11-20(18)35-21-12-6-4-10-19(21)30/h1-12,15H,13-14H2,(H,26,31). The predicted octanol–water partition coefficient (Wildman–Crippen LogP) is 3.30. The van der Waals surface area contributed by atoms with Gasteiger partial charge in [-0.2, -0.15) is 0 Å². The topological polar surface area (TPSA) is 119 Å². The lowest BCUT2D eigenvalue weighted by atomic mass is 10.2. The molecular formula is C24H18N6O4S. The van der Waals surface area contributed by atoms with Gasteiger partial charge in [0.1, 0.15) is 12.9 Å². The van der Waals surface area contributed by atoms with E-state index in [4.69, 9.17) is 4.74 Å². The van der Waals surface area contributed by atoms with Crippen LogP contribution in [0.2, 0.25) is 0 Å². The van der Waals surface area contributed by atoms with Gasteiger partial charge in [-0.3, -0.25) is 14.5 Å². The van der Waals surface area contributed by atoms with Crippen LogP contribution in [-0.4, -0.2) is 44.6 Å². The number of rotatable bonds is 6. The summed E-state index contributed by atoms with van der Waals surface area (Å²) in [5.74, 6) is -1.55. The van der Waals surface area contributed by atoms with Gasteiger partial charge < -0.3 is 10.1 Å². The van der Waals surface area contributed by atoms with Crippen molar-refractivity contribution in [2.24, 2.45) is 0 Å². The number of nitrogens with one attached hydrogen (secondary N) is 1. The Hall–Kier alpha value is -4.51. The van der Waals surface area contributed by atoms with Gasteiger partial charge in [-0.15, -0.1) is 5.10 Å². The fraction of sp³-hybridized carbons (Fsp3) is 0.0833. The summed E-state index contributed by atoms with van der Waals surface area (Å²) < 4.78 is 6.63. The fourth-order valence-electron chi connectivity index (χ4n) is 3.60. The maximum atomic E-state index is 13.2. The number of carbonyl (C=O) groups is 3. The molecule has 0 fully saturated rings. The normalized spacial score (nSPS) is 11.8. The van der Waals surface area contributed by atoms with Crippen molar-refractivity contribution in [2.45, 2.75) is 16.3 Å². The van der Waals surface area contributed by atoms with Crippen molar-refractivity contribution in [1.82, 2.24) is 20.2 Å². The molecule has 1 aliphatic heterocycles. The van der Waals surface area contributed by atoms with Gasteiger partial charge in [-0.1, -0.05) is 48.2 Å². The summed E-state index contributed by atoms with van der Waals surface area (Å²) in [6, 6.07) is 21.5. The number of tetrazole rings is 1. The molecule has 10 nitrogen and oxygen atoms in total. The number of anilines is 3. The Labute approximate surface area is 203 Å². The van der Waals surface area contributed by atoms with Crippen molar-refractivity contribution < 1.29 is 19.1 Å². The van der Waals surface area contributed by atoms with Crippen LogP contribution >= 0.6 is 11.8 Å². The third kappa shape index (κ3) is 4.75. The van der Waals surface area contributed by atoms with Gasteiger partial charge in [0.25, 0.3) is 5.91 Å². The van der Waals surface area contributed by atoms with E-state index in [2.05, 4.69) is 20.8 Å². The van der Waals surface area contributed by atoms with Crippen LogP contribution in [0.4, 0.5) is 17.1 Å². The SMILES string of the molecule is O=C(Cn1cnnn1)Nc1ccccc1C(=O)OCC(=O)N1c2ccccc2Sc2ccccc21. The van der Waals surface area contributed by atoms with E-state index >= 15 is 0 Å². The molecule has 0 unspecified atom stereocenters. The maximum absolute atomic E-state index is 13.2. The zero-order chi connectivity index (χ0) is 24.2. The van der Waals surface area contributed by atoms with Gasteiger partial charge in [-0.05, 0) is 46.8 Å². The number of esters is 1. The molecule has 0 atom stereocenters. The predicted molar refractivity (Wildman–Crippen MR) is 127 cm³/mol. The molecule has 0 saturated carbocycles. The van der Waals surface area contributed by atoms with Crippen LogP contribution in [0.25, 0.3) is 0 Å². The lowest BCUT2D eigenvalue weighted by molar-refractivity contribution is -0.121. The smallest absolute Gasteiger partial charge is 0.340 e. The molecule has 35 heavy (non-hydrogen) atoms. The highest BCUT2D eigenvalue weighted by atomic mass is 32.2. The second-order valence-electron chi connectivity index (χ2n) is 7.44. The van der Waals surface area contributed by atoms with Crippen molar-refractivity contribution in [3.05, 3.63) is 84.7 Å². The minimum absolute atomic E-state index is 0.124. The molecule has 2 heterocycles. The highest BCUT2D eigenvalue weighted by Gasteiger charge is 2.28. The van der Waals surface area contributed by atoms with Crippen LogP contribution in [0, 0.1) is 0 Å². The van der Waals surface area contributed by atoms with Crippen molar-refractivity contribution in [3.8, 4) is 0 Å². The van der Waals surface area contributed by atoms with E-state index < -0.39 is 24.4 Å². The molecule has 1 aliphatic rings.